The monoisotopic (exact) mass is 245 g/mol. The number of methoxy groups -OCH3 is 1. The quantitative estimate of drug-likeness (QED) is 0.809. The Morgan fingerprint density at radius 2 is 2.19 bits per heavy atom. The molecule has 0 bridgehead atoms. The Balaban J connectivity index is 0.00000128. The van der Waals surface area contributed by atoms with Crippen molar-refractivity contribution in [3.8, 4) is 0 Å². The van der Waals surface area contributed by atoms with Crippen molar-refractivity contribution in [2.24, 2.45) is 5.73 Å². The predicted molar refractivity (Wildman–Crippen MR) is 60.3 cm³/mol. The summed E-state index contributed by atoms with van der Waals surface area (Å²) in [7, 11) is 1.30. The molecule has 1 saturated carbocycles. The van der Waals surface area contributed by atoms with Gasteiger partial charge in [0, 0.05) is 12.0 Å². The van der Waals surface area contributed by atoms with Crippen LogP contribution in [0.5, 0.6) is 0 Å². The van der Waals surface area contributed by atoms with Crippen molar-refractivity contribution in [3.05, 3.63) is 35.1 Å². The number of ether oxygens (including phenoxy) is 1. The van der Waals surface area contributed by atoms with Gasteiger partial charge in [-0.2, -0.15) is 0 Å². The molecule has 0 amide bonds. The molecule has 2 N–H and O–H groups in total. The van der Waals surface area contributed by atoms with Crippen LogP contribution < -0.4 is 5.73 Å². The van der Waals surface area contributed by atoms with Gasteiger partial charge in [-0.25, -0.2) is 9.18 Å². The highest BCUT2D eigenvalue weighted by molar-refractivity contribution is 5.89. The Morgan fingerprint density at radius 3 is 2.69 bits per heavy atom. The van der Waals surface area contributed by atoms with E-state index in [1.54, 1.807) is 0 Å². The Morgan fingerprint density at radius 1 is 1.56 bits per heavy atom. The summed E-state index contributed by atoms with van der Waals surface area (Å²) in [5.74, 6) is -0.708. The van der Waals surface area contributed by atoms with Gasteiger partial charge in [-0.15, -0.1) is 12.4 Å². The summed E-state index contributed by atoms with van der Waals surface area (Å²) in [5, 5.41) is 0. The van der Waals surface area contributed by atoms with Crippen molar-refractivity contribution in [1.29, 1.82) is 0 Å². The number of hydrogen-bond acceptors (Lipinski definition) is 3. The molecule has 1 aliphatic carbocycles. The van der Waals surface area contributed by atoms with E-state index in [1.807, 2.05) is 0 Å². The standard InChI is InChI=1S/C11H12FNO2.ClH/c1-15-11(14)6-2-3-9(12)7(4-6)8-5-10(8)13;/h2-4,8,10H,5,13H2,1H3;1H. The third-order valence-electron chi connectivity index (χ3n) is 2.66. The highest BCUT2D eigenvalue weighted by Gasteiger charge is 2.37. The van der Waals surface area contributed by atoms with E-state index < -0.39 is 5.97 Å². The van der Waals surface area contributed by atoms with Crippen LogP contribution in [0.25, 0.3) is 0 Å². The molecule has 2 atom stereocenters. The molecule has 0 radical (unpaired) electrons. The summed E-state index contributed by atoms with van der Waals surface area (Å²) in [6.07, 6.45) is 0.779. The zero-order valence-electron chi connectivity index (χ0n) is 8.77. The lowest BCUT2D eigenvalue weighted by molar-refractivity contribution is 0.0600. The van der Waals surface area contributed by atoms with Gasteiger partial charge in [0.05, 0.1) is 12.7 Å². The molecule has 0 heterocycles. The summed E-state index contributed by atoms with van der Waals surface area (Å²) in [6, 6.07) is 4.25. The van der Waals surface area contributed by atoms with Gasteiger partial charge in [0.1, 0.15) is 5.82 Å². The molecule has 0 aromatic heterocycles. The lowest BCUT2D eigenvalue weighted by atomic mass is 10.1. The van der Waals surface area contributed by atoms with Gasteiger partial charge in [-0.1, -0.05) is 0 Å². The number of nitrogens with two attached hydrogens (primary N) is 1. The molecule has 16 heavy (non-hydrogen) atoms. The van der Waals surface area contributed by atoms with Crippen LogP contribution in [0.4, 0.5) is 4.39 Å². The molecule has 3 nitrogen and oxygen atoms in total. The minimum absolute atomic E-state index is 0. The lowest BCUT2D eigenvalue weighted by Crippen LogP contribution is -2.05. The first-order valence-corrected chi connectivity index (χ1v) is 4.77. The van der Waals surface area contributed by atoms with Crippen molar-refractivity contribution in [3.63, 3.8) is 0 Å². The highest BCUT2D eigenvalue weighted by atomic mass is 35.5. The van der Waals surface area contributed by atoms with E-state index in [1.165, 1.54) is 25.3 Å². The molecule has 2 unspecified atom stereocenters. The van der Waals surface area contributed by atoms with E-state index in [2.05, 4.69) is 4.74 Å². The molecule has 1 aromatic rings. The van der Waals surface area contributed by atoms with Crippen molar-refractivity contribution < 1.29 is 13.9 Å². The first-order chi connectivity index (χ1) is 7.13. The van der Waals surface area contributed by atoms with Crippen molar-refractivity contribution in [2.75, 3.05) is 7.11 Å². The largest absolute Gasteiger partial charge is 0.465 e. The van der Waals surface area contributed by atoms with Crippen LogP contribution in [-0.2, 0) is 4.74 Å². The van der Waals surface area contributed by atoms with E-state index in [9.17, 15) is 9.18 Å². The third-order valence-corrected chi connectivity index (χ3v) is 2.66. The minimum Gasteiger partial charge on any atom is -0.465 e. The number of carbonyl (C=O) groups is 1. The fourth-order valence-electron chi connectivity index (χ4n) is 1.64. The molecular formula is C11H13ClFNO2. The fraction of sp³-hybridized carbons (Fsp3) is 0.364. The predicted octanol–water partition coefficient (Wildman–Crippen LogP) is 1.85. The van der Waals surface area contributed by atoms with E-state index in [4.69, 9.17) is 5.73 Å². The summed E-state index contributed by atoms with van der Waals surface area (Å²) in [4.78, 5) is 11.2. The second-order valence-corrected chi connectivity index (χ2v) is 3.73. The topological polar surface area (TPSA) is 52.3 Å². The Hall–Kier alpha value is -1.13. The third kappa shape index (κ3) is 2.33. The van der Waals surface area contributed by atoms with Gasteiger partial charge >= 0.3 is 5.97 Å². The van der Waals surface area contributed by atoms with Crippen LogP contribution in [0, 0.1) is 5.82 Å². The van der Waals surface area contributed by atoms with E-state index in [0.717, 1.165) is 6.42 Å². The minimum atomic E-state index is -0.453. The van der Waals surface area contributed by atoms with Gasteiger partial charge in [0.15, 0.2) is 0 Å². The molecule has 0 saturated heterocycles. The Bertz CT molecular complexity index is 411. The summed E-state index contributed by atoms with van der Waals surface area (Å²) < 4.78 is 18.0. The fourth-order valence-corrected chi connectivity index (χ4v) is 1.64. The Labute approximate surface area is 99.2 Å². The molecule has 2 rings (SSSR count). The number of hydrogen-bond donors (Lipinski definition) is 1. The zero-order chi connectivity index (χ0) is 11.0. The number of esters is 1. The van der Waals surface area contributed by atoms with Gasteiger partial charge in [0.25, 0.3) is 0 Å². The molecule has 0 aliphatic heterocycles. The second kappa shape index (κ2) is 4.80. The van der Waals surface area contributed by atoms with Crippen molar-refractivity contribution in [2.45, 2.75) is 18.4 Å². The van der Waals surface area contributed by atoms with Crippen LogP contribution in [-0.4, -0.2) is 19.1 Å². The summed E-state index contributed by atoms with van der Waals surface area (Å²) >= 11 is 0. The first-order valence-electron chi connectivity index (χ1n) is 4.77. The molecular weight excluding hydrogens is 233 g/mol. The number of halogens is 2. The van der Waals surface area contributed by atoms with Crippen LogP contribution in [0.3, 0.4) is 0 Å². The number of carbonyl (C=O) groups excluding carboxylic acids is 1. The molecule has 1 fully saturated rings. The molecule has 0 spiro atoms. The van der Waals surface area contributed by atoms with Crippen molar-refractivity contribution >= 4 is 18.4 Å². The summed E-state index contributed by atoms with van der Waals surface area (Å²) in [5.41, 5.74) is 6.53. The average Bonchev–Trinajstić information content (AvgIpc) is 2.95. The van der Waals surface area contributed by atoms with E-state index >= 15 is 0 Å². The van der Waals surface area contributed by atoms with Crippen LogP contribution >= 0.6 is 12.4 Å². The maximum absolute atomic E-state index is 13.4. The lowest BCUT2D eigenvalue weighted by Gasteiger charge is -2.04. The zero-order valence-corrected chi connectivity index (χ0v) is 9.59. The highest BCUT2D eigenvalue weighted by Crippen LogP contribution is 2.40. The van der Waals surface area contributed by atoms with Crippen LogP contribution in [0.1, 0.15) is 28.3 Å². The smallest absolute Gasteiger partial charge is 0.337 e. The normalized spacial score (nSPS) is 22.2. The first kappa shape index (κ1) is 12.9. The number of benzene rings is 1. The molecule has 88 valence electrons. The average molecular weight is 246 g/mol. The van der Waals surface area contributed by atoms with E-state index in [-0.39, 0.29) is 30.2 Å². The van der Waals surface area contributed by atoms with Gasteiger partial charge in [-0.3, -0.25) is 0 Å². The summed E-state index contributed by atoms with van der Waals surface area (Å²) in [6.45, 7) is 0. The van der Waals surface area contributed by atoms with Crippen LogP contribution in [0.2, 0.25) is 0 Å². The molecule has 1 aromatic carbocycles. The maximum Gasteiger partial charge on any atom is 0.337 e. The number of rotatable bonds is 2. The SMILES string of the molecule is COC(=O)c1ccc(F)c(C2CC2N)c1.Cl. The molecule has 5 heteroatoms. The Kier molecular flexibility index (Phi) is 3.88. The van der Waals surface area contributed by atoms with E-state index in [0.29, 0.717) is 11.1 Å². The van der Waals surface area contributed by atoms with Gasteiger partial charge in [0.2, 0.25) is 0 Å². The second-order valence-electron chi connectivity index (χ2n) is 3.73. The molecule has 1 aliphatic rings. The van der Waals surface area contributed by atoms with Crippen molar-refractivity contribution in [1.82, 2.24) is 0 Å². The maximum atomic E-state index is 13.4. The van der Waals surface area contributed by atoms with Gasteiger partial charge in [-0.05, 0) is 30.2 Å². The van der Waals surface area contributed by atoms with Crippen LogP contribution in [0.15, 0.2) is 18.2 Å². The van der Waals surface area contributed by atoms with Gasteiger partial charge < -0.3 is 10.5 Å².